The summed E-state index contributed by atoms with van der Waals surface area (Å²) in [6.07, 6.45) is 3.36. The number of hydrogen-bond acceptors (Lipinski definition) is 3. The molecule has 0 aliphatic carbocycles. The van der Waals surface area contributed by atoms with Gasteiger partial charge < -0.3 is 14.2 Å². The lowest BCUT2D eigenvalue weighted by Gasteiger charge is -2.17. The molecule has 0 amide bonds. The Morgan fingerprint density at radius 3 is 3.05 bits per heavy atom. The Morgan fingerprint density at radius 2 is 2.32 bits per heavy atom. The first kappa shape index (κ1) is 14.4. The number of halogens is 1. The maximum Gasteiger partial charge on any atom is 0.188 e. The van der Waals surface area contributed by atoms with E-state index in [4.69, 9.17) is 14.2 Å². The minimum absolute atomic E-state index is 0.0381. The van der Waals surface area contributed by atoms with Crippen molar-refractivity contribution in [1.29, 1.82) is 0 Å². The Balaban J connectivity index is 2.15. The first-order valence-corrected chi connectivity index (χ1v) is 7.14. The molecule has 2 rings (SSSR count). The van der Waals surface area contributed by atoms with E-state index < -0.39 is 0 Å². The summed E-state index contributed by atoms with van der Waals surface area (Å²) in [5.74, 6) is 7.05. The van der Waals surface area contributed by atoms with Gasteiger partial charge in [-0.15, -0.1) is 0 Å². The van der Waals surface area contributed by atoms with Crippen molar-refractivity contribution >= 4 is 15.9 Å². The molecule has 0 N–H and O–H groups in total. The van der Waals surface area contributed by atoms with Gasteiger partial charge in [-0.25, -0.2) is 0 Å². The highest BCUT2D eigenvalue weighted by Crippen LogP contribution is 2.26. The number of rotatable bonds is 3. The molecule has 0 bridgehead atoms. The monoisotopic (exact) mass is 324 g/mol. The molecule has 0 aromatic heterocycles. The third-order valence-corrected chi connectivity index (χ3v) is 3.51. The van der Waals surface area contributed by atoms with Crippen molar-refractivity contribution in [2.75, 3.05) is 20.5 Å². The van der Waals surface area contributed by atoms with E-state index in [1.165, 1.54) is 6.42 Å². The zero-order chi connectivity index (χ0) is 13.5. The SMILES string of the molecule is COCOc1cccc(Br)c1C#CC1CCCCO1. The summed E-state index contributed by atoms with van der Waals surface area (Å²) in [6.45, 7) is 1.02. The maximum absolute atomic E-state index is 5.61. The molecule has 1 atom stereocenters. The van der Waals surface area contributed by atoms with E-state index >= 15 is 0 Å². The average Bonchev–Trinajstić information content (AvgIpc) is 2.45. The standard InChI is InChI=1S/C15H17BrO3/c1-17-11-19-15-7-4-6-14(16)13(15)9-8-12-5-2-3-10-18-12/h4,6-7,12H,2-3,5,10-11H2,1H3. The summed E-state index contributed by atoms with van der Waals surface area (Å²) < 4.78 is 17.0. The van der Waals surface area contributed by atoms with Gasteiger partial charge >= 0.3 is 0 Å². The molecule has 0 saturated carbocycles. The summed E-state index contributed by atoms with van der Waals surface area (Å²) >= 11 is 3.50. The molecule has 102 valence electrons. The van der Waals surface area contributed by atoms with Crippen molar-refractivity contribution < 1.29 is 14.2 Å². The van der Waals surface area contributed by atoms with Crippen LogP contribution in [0.1, 0.15) is 24.8 Å². The molecule has 0 spiro atoms. The zero-order valence-corrected chi connectivity index (χ0v) is 12.5. The smallest absolute Gasteiger partial charge is 0.188 e. The molecule has 1 unspecified atom stereocenters. The van der Waals surface area contributed by atoms with Crippen LogP contribution in [-0.2, 0) is 9.47 Å². The molecule has 3 nitrogen and oxygen atoms in total. The Hall–Kier alpha value is -1.02. The molecule has 0 radical (unpaired) electrons. The van der Waals surface area contributed by atoms with Crippen LogP contribution in [0.15, 0.2) is 22.7 Å². The molecule has 1 aromatic carbocycles. The van der Waals surface area contributed by atoms with Crippen LogP contribution in [0, 0.1) is 11.8 Å². The van der Waals surface area contributed by atoms with Gasteiger partial charge in [-0.1, -0.05) is 17.9 Å². The van der Waals surface area contributed by atoms with Crippen LogP contribution in [0.5, 0.6) is 5.75 Å². The molecular weight excluding hydrogens is 308 g/mol. The summed E-state index contributed by atoms with van der Waals surface area (Å²) in [7, 11) is 1.60. The number of hydrogen-bond donors (Lipinski definition) is 0. The number of benzene rings is 1. The normalized spacial score (nSPS) is 18.5. The number of methoxy groups -OCH3 is 1. The second kappa shape index (κ2) is 7.54. The van der Waals surface area contributed by atoms with E-state index in [1.54, 1.807) is 7.11 Å². The van der Waals surface area contributed by atoms with E-state index in [0.29, 0.717) is 0 Å². The molecule has 1 aromatic rings. The van der Waals surface area contributed by atoms with E-state index in [2.05, 4.69) is 27.8 Å². The third-order valence-electron chi connectivity index (χ3n) is 2.85. The van der Waals surface area contributed by atoms with Crippen LogP contribution >= 0.6 is 15.9 Å². The third kappa shape index (κ3) is 4.24. The van der Waals surface area contributed by atoms with Crippen molar-refractivity contribution in [3.63, 3.8) is 0 Å². The van der Waals surface area contributed by atoms with E-state index in [0.717, 1.165) is 35.2 Å². The van der Waals surface area contributed by atoms with Crippen molar-refractivity contribution in [1.82, 2.24) is 0 Å². The second-order valence-electron chi connectivity index (χ2n) is 4.29. The lowest BCUT2D eigenvalue weighted by Crippen LogP contribution is -2.16. The summed E-state index contributed by atoms with van der Waals surface area (Å²) in [5.41, 5.74) is 0.841. The van der Waals surface area contributed by atoms with Gasteiger partial charge in [0.05, 0.1) is 5.56 Å². The van der Waals surface area contributed by atoms with E-state index in [-0.39, 0.29) is 12.9 Å². The molecule has 1 heterocycles. The Bertz CT molecular complexity index is 470. The van der Waals surface area contributed by atoms with Gasteiger partial charge in [0.1, 0.15) is 11.9 Å². The first-order chi connectivity index (χ1) is 9.31. The van der Waals surface area contributed by atoms with Gasteiger partial charge in [-0.2, -0.15) is 0 Å². The van der Waals surface area contributed by atoms with Gasteiger partial charge in [-0.3, -0.25) is 0 Å². The summed E-state index contributed by atoms with van der Waals surface area (Å²) in [5, 5.41) is 0. The minimum atomic E-state index is 0.0381. The van der Waals surface area contributed by atoms with Gasteiger partial charge in [0.2, 0.25) is 0 Å². The van der Waals surface area contributed by atoms with Crippen molar-refractivity contribution in [3.05, 3.63) is 28.2 Å². The fraction of sp³-hybridized carbons (Fsp3) is 0.467. The largest absolute Gasteiger partial charge is 0.466 e. The molecule has 1 aliphatic heterocycles. The lowest BCUT2D eigenvalue weighted by atomic mass is 10.1. The Labute approximate surface area is 122 Å². The van der Waals surface area contributed by atoms with Crippen molar-refractivity contribution in [2.24, 2.45) is 0 Å². The van der Waals surface area contributed by atoms with Crippen LogP contribution in [0.4, 0.5) is 0 Å². The topological polar surface area (TPSA) is 27.7 Å². The minimum Gasteiger partial charge on any atom is -0.466 e. The molecule has 1 aliphatic rings. The highest BCUT2D eigenvalue weighted by atomic mass is 79.9. The predicted molar refractivity (Wildman–Crippen MR) is 77.1 cm³/mol. The van der Waals surface area contributed by atoms with Crippen molar-refractivity contribution in [3.8, 4) is 17.6 Å². The van der Waals surface area contributed by atoms with Gasteiger partial charge in [-0.05, 0) is 47.3 Å². The molecule has 4 heteroatoms. The fourth-order valence-electron chi connectivity index (χ4n) is 1.88. The Morgan fingerprint density at radius 1 is 1.42 bits per heavy atom. The molecule has 1 fully saturated rings. The number of ether oxygens (including phenoxy) is 3. The van der Waals surface area contributed by atoms with Crippen LogP contribution in [0.25, 0.3) is 0 Å². The fourth-order valence-corrected chi connectivity index (χ4v) is 2.32. The van der Waals surface area contributed by atoms with E-state index in [1.807, 2.05) is 18.2 Å². The van der Waals surface area contributed by atoms with Gasteiger partial charge in [0.25, 0.3) is 0 Å². The lowest BCUT2D eigenvalue weighted by molar-refractivity contribution is 0.0507. The van der Waals surface area contributed by atoms with Crippen LogP contribution < -0.4 is 4.74 Å². The van der Waals surface area contributed by atoms with Crippen LogP contribution in [0.3, 0.4) is 0 Å². The van der Waals surface area contributed by atoms with Gasteiger partial charge in [0.15, 0.2) is 6.79 Å². The highest BCUT2D eigenvalue weighted by Gasteiger charge is 2.11. The highest BCUT2D eigenvalue weighted by molar-refractivity contribution is 9.10. The second-order valence-corrected chi connectivity index (χ2v) is 5.14. The average molecular weight is 325 g/mol. The molecule has 1 saturated heterocycles. The summed E-state index contributed by atoms with van der Waals surface area (Å²) in [4.78, 5) is 0. The van der Waals surface area contributed by atoms with Crippen molar-refractivity contribution in [2.45, 2.75) is 25.4 Å². The quantitative estimate of drug-likeness (QED) is 0.630. The van der Waals surface area contributed by atoms with Gasteiger partial charge in [0, 0.05) is 18.2 Å². The van der Waals surface area contributed by atoms with E-state index in [9.17, 15) is 0 Å². The molecule has 19 heavy (non-hydrogen) atoms. The predicted octanol–water partition coefficient (Wildman–Crippen LogP) is 3.35. The van der Waals surface area contributed by atoms with Crippen LogP contribution in [-0.4, -0.2) is 26.6 Å². The molecular formula is C15H17BrO3. The zero-order valence-electron chi connectivity index (χ0n) is 10.9. The Kier molecular flexibility index (Phi) is 5.71. The first-order valence-electron chi connectivity index (χ1n) is 6.34. The summed E-state index contributed by atoms with van der Waals surface area (Å²) in [6, 6.07) is 5.75. The maximum atomic E-state index is 5.61. The van der Waals surface area contributed by atoms with Crippen LogP contribution in [0.2, 0.25) is 0 Å².